The number of aliphatic hydroxyl groups excluding tert-OH is 1. The van der Waals surface area contributed by atoms with Crippen molar-refractivity contribution in [2.24, 2.45) is 11.8 Å². The van der Waals surface area contributed by atoms with Crippen LogP contribution in [0.25, 0.3) is 0 Å². The number of nitrogens with zero attached hydrogens (tertiary/aromatic N) is 1. The molecule has 2 aliphatic rings. The van der Waals surface area contributed by atoms with Crippen molar-refractivity contribution in [1.82, 2.24) is 4.90 Å². The maximum absolute atomic E-state index is 10.6. The van der Waals surface area contributed by atoms with E-state index in [4.69, 9.17) is 4.74 Å². The Balaban J connectivity index is 1.95. The molecule has 0 aromatic carbocycles. The van der Waals surface area contributed by atoms with Crippen LogP contribution >= 0.6 is 0 Å². The maximum atomic E-state index is 10.6. The first-order valence-corrected chi connectivity index (χ1v) is 7.14. The van der Waals surface area contributed by atoms with Gasteiger partial charge in [0.2, 0.25) is 0 Å². The van der Waals surface area contributed by atoms with Crippen LogP contribution in [0.4, 0.5) is 0 Å². The molecule has 2 heterocycles. The van der Waals surface area contributed by atoms with Crippen molar-refractivity contribution in [3.8, 4) is 0 Å². The van der Waals surface area contributed by atoms with Crippen LogP contribution in [-0.4, -0.2) is 41.5 Å². The van der Waals surface area contributed by atoms with Crippen LogP contribution in [-0.2, 0) is 4.74 Å². The summed E-state index contributed by atoms with van der Waals surface area (Å²) in [5.41, 5.74) is 0. The van der Waals surface area contributed by atoms with E-state index in [1.54, 1.807) is 0 Å². The summed E-state index contributed by atoms with van der Waals surface area (Å²) in [6.07, 6.45) is 4.38. The summed E-state index contributed by atoms with van der Waals surface area (Å²) in [6, 6.07) is 1.06. The lowest BCUT2D eigenvalue weighted by Gasteiger charge is -2.39. The van der Waals surface area contributed by atoms with Crippen LogP contribution < -0.4 is 0 Å². The van der Waals surface area contributed by atoms with Gasteiger partial charge < -0.3 is 9.84 Å². The first-order valence-electron chi connectivity index (χ1n) is 7.14. The minimum Gasteiger partial charge on any atom is -0.381 e. The molecule has 0 aromatic heterocycles. The normalized spacial score (nSPS) is 36.0. The minimum absolute atomic E-state index is 0.273. The van der Waals surface area contributed by atoms with Gasteiger partial charge in [0.25, 0.3) is 0 Å². The van der Waals surface area contributed by atoms with E-state index in [9.17, 15) is 5.11 Å². The molecule has 3 nitrogen and oxygen atoms in total. The Kier molecular flexibility index (Phi) is 4.45. The predicted molar refractivity (Wildman–Crippen MR) is 68.7 cm³/mol. The number of hydrogen-bond donors (Lipinski definition) is 1. The van der Waals surface area contributed by atoms with Gasteiger partial charge in [-0.05, 0) is 51.4 Å². The average Bonchev–Trinajstić information content (AvgIpc) is 2.68. The number of aliphatic hydroxyl groups is 1. The lowest BCUT2D eigenvalue weighted by molar-refractivity contribution is -0.0858. The van der Waals surface area contributed by atoms with Gasteiger partial charge in [0.1, 0.15) is 6.23 Å². The third kappa shape index (κ3) is 2.83. The second-order valence-electron chi connectivity index (χ2n) is 5.95. The number of ether oxygens (including phenoxy) is 1. The molecule has 4 atom stereocenters. The Bertz CT molecular complexity index is 230. The molecule has 1 N–H and O–H groups in total. The van der Waals surface area contributed by atoms with Crippen LogP contribution in [0, 0.1) is 11.8 Å². The zero-order chi connectivity index (χ0) is 12.4. The van der Waals surface area contributed by atoms with Gasteiger partial charge in [-0.2, -0.15) is 0 Å². The second-order valence-corrected chi connectivity index (χ2v) is 5.95. The maximum Gasteiger partial charge on any atom is 0.110 e. The van der Waals surface area contributed by atoms with Crippen LogP contribution in [0.15, 0.2) is 0 Å². The molecule has 3 unspecified atom stereocenters. The number of rotatable bonds is 3. The van der Waals surface area contributed by atoms with E-state index in [2.05, 4.69) is 25.7 Å². The summed E-state index contributed by atoms with van der Waals surface area (Å²) < 4.78 is 5.40. The highest BCUT2D eigenvalue weighted by molar-refractivity contribution is 4.87. The van der Waals surface area contributed by atoms with Crippen molar-refractivity contribution in [1.29, 1.82) is 0 Å². The molecule has 3 heteroatoms. The Morgan fingerprint density at radius 2 is 1.59 bits per heavy atom. The van der Waals surface area contributed by atoms with Gasteiger partial charge in [0, 0.05) is 25.3 Å². The van der Waals surface area contributed by atoms with E-state index in [0.717, 1.165) is 26.1 Å². The van der Waals surface area contributed by atoms with Crippen molar-refractivity contribution >= 4 is 0 Å². The lowest BCUT2D eigenvalue weighted by atomic mass is 9.85. The molecule has 0 saturated carbocycles. The fourth-order valence-electron chi connectivity index (χ4n) is 3.49. The smallest absolute Gasteiger partial charge is 0.110 e. The zero-order valence-corrected chi connectivity index (χ0v) is 11.4. The predicted octanol–water partition coefficient (Wildman–Crippen LogP) is 2.24. The van der Waals surface area contributed by atoms with E-state index < -0.39 is 0 Å². The van der Waals surface area contributed by atoms with Crippen molar-refractivity contribution < 1.29 is 9.84 Å². The standard InChI is InChI=1S/C14H27NO2/c1-10-4-5-11(2)15(10)14(16)12(3)13-6-8-17-9-7-13/h10-14,16H,4-9H2,1-3H3/t10-,11?,12?,14?/m1/s1. The fourth-order valence-corrected chi connectivity index (χ4v) is 3.49. The minimum atomic E-state index is -0.273. The molecule has 17 heavy (non-hydrogen) atoms. The Hall–Kier alpha value is -0.120. The van der Waals surface area contributed by atoms with Crippen molar-refractivity contribution in [2.45, 2.75) is 64.8 Å². The molecule has 0 radical (unpaired) electrons. The van der Waals surface area contributed by atoms with E-state index in [1.807, 2.05) is 0 Å². The van der Waals surface area contributed by atoms with Gasteiger partial charge in [-0.15, -0.1) is 0 Å². The molecular formula is C14H27NO2. The highest BCUT2D eigenvalue weighted by atomic mass is 16.5. The molecule has 100 valence electrons. The molecule has 2 saturated heterocycles. The van der Waals surface area contributed by atoms with E-state index in [-0.39, 0.29) is 6.23 Å². The van der Waals surface area contributed by atoms with Gasteiger partial charge in [-0.3, -0.25) is 4.90 Å². The largest absolute Gasteiger partial charge is 0.381 e. The Labute approximate surface area is 105 Å². The van der Waals surface area contributed by atoms with Gasteiger partial charge in [-0.1, -0.05) is 6.92 Å². The monoisotopic (exact) mass is 241 g/mol. The van der Waals surface area contributed by atoms with E-state index >= 15 is 0 Å². The van der Waals surface area contributed by atoms with Crippen molar-refractivity contribution in [3.05, 3.63) is 0 Å². The van der Waals surface area contributed by atoms with E-state index in [0.29, 0.717) is 23.9 Å². The van der Waals surface area contributed by atoms with Crippen LogP contribution in [0.3, 0.4) is 0 Å². The van der Waals surface area contributed by atoms with Gasteiger partial charge in [0.05, 0.1) is 0 Å². The quantitative estimate of drug-likeness (QED) is 0.822. The number of likely N-dealkylation sites (tertiary alicyclic amines) is 1. The fraction of sp³-hybridized carbons (Fsp3) is 1.00. The molecule has 0 aromatic rings. The molecule has 2 fully saturated rings. The molecule has 0 aliphatic carbocycles. The van der Waals surface area contributed by atoms with Crippen molar-refractivity contribution in [3.63, 3.8) is 0 Å². The SMILES string of the molecule is CC(C1CCOCC1)C(O)N1C(C)CC[C@H]1C. The van der Waals surface area contributed by atoms with Gasteiger partial charge >= 0.3 is 0 Å². The summed E-state index contributed by atoms with van der Waals surface area (Å²) in [4.78, 5) is 2.32. The summed E-state index contributed by atoms with van der Waals surface area (Å²) in [7, 11) is 0. The molecule has 2 aliphatic heterocycles. The van der Waals surface area contributed by atoms with Crippen LogP contribution in [0.5, 0.6) is 0 Å². The summed E-state index contributed by atoms with van der Waals surface area (Å²) in [6.45, 7) is 8.42. The highest BCUT2D eigenvalue weighted by Gasteiger charge is 2.37. The van der Waals surface area contributed by atoms with Gasteiger partial charge in [-0.25, -0.2) is 0 Å². The van der Waals surface area contributed by atoms with Gasteiger partial charge in [0.15, 0.2) is 0 Å². The van der Waals surface area contributed by atoms with Crippen LogP contribution in [0.1, 0.15) is 46.5 Å². The summed E-state index contributed by atoms with van der Waals surface area (Å²) in [5, 5.41) is 10.6. The topological polar surface area (TPSA) is 32.7 Å². The Morgan fingerprint density at radius 1 is 1.06 bits per heavy atom. The first-order chi connectivity index (χ1) is 8.11. The third-order valence-electron chi connectivity index (χ3n) is 4.81. The average molecular weight is 241 g/mol. The van der Waals surface area contributed by atoms with Crippen molar-refractivity contribution in [2.75, 3.05) is 13.2 Å². The molecular weight excluding hydrogens is 214 g/mol. The Morgan fingerprint density at radius 3 is 2.12 bits per heavy atom. The molecule has 0 spiro atoms. The first kappa shape index (κ1) is 13.3. The number of hydrogen-bond acceptors (Lipinski definition) is 3. The second kappa shape index (κ2) is 5.68. The highest BCUT2D eigenvalue weighted by Crippen LogP contribution is 2.33. The third-order valence-corrected chi connectivity index (χ3v) is 4.81. The van der Waals surface area contributed by atoms with Crippen LogP contribution in [0.2, 0.25) is 0 Å². The van der Waals surface area contributed by atoms with E-state index in [1.165, 1.54) is 12.8 Å². The summed E-state index contributed by atoms with van der Waals surface area (Å²) in [5.74, 6) is 0.987. The summed E-state index contributed by atoms with van der Waals surface area (Å²) >= 11 is 0. The lowest BCUT2D eigenvalue weighted by Crippen LogP contribution is -2.47. The molecule has 2 rings (SSSR count). The zero-order valence-electron chi connectivity index (χ0n) is 11.4. The molecule has 0 amide bonds. The molecule has 0 bridgehead atoms.